The highest BCUT2D eigenvalue weighted by Crippen LogP contribution is 2.39. The number of hydrogen-bond acceptors (Lipinski definition) is 7. The monoisotopic (exact) mass is 484 g/mol. The number of hydrogen-bond donors (Lipinski definition) is 0. The first-order valence-corrected chi connectivity index (χ1v) is 12.1. The number of pyridine rings is 1. The lowest BCUT2D eigenvalue weighted by atomic mass is 9.90. The standard InChI is InChI=1S/C26H28N8O2/c1-16-29-20-12-18(32-9-10-33-15-28-30-22(33)14-32)5-6-19(20)24(35)34(16)8-7-17-11-21-23(27-13-17)26(2,3)25(36)31(21)4/h5-6,11-13,15H,7-10,14H2,1-4H3. The van der Waals surface area contributed by atoms with Crippen molar-refractivity contribution in [3.8, 4) is 0 Å². The molecular formula is C26H28N8O2. The Bertz CT molecular complexity index is 1580. The van der Waals surface area contributed by atoms with Crippen LogP contribution in [-0.2, 0) is 36.3 Å². The second-order valence-corrected chi connectivity index (χ2v) is 10.1. The quantitative estimate of drug-likeness (QED) is 0.438. The Hall–Kier alpha value is -4.08. The Balaban J connectivity index is 1.26. The van der Waals surface area contributed by atoms with Crippen LogP contribution in [0, 0.1) is 6.92 Å². The van der Waals surface area contributed by atoms with Crippen molar-refractivity contribution >= 4 is 28.2 Å². The Morgan fingerprint density at radius 3 is 2.78 bits per heavy atom. The number of likely N-dealkylation sites (N-methyl/N-ethyl adjacent to an activating group) is 1. The minimum atomic E-state index is -0.622. The summed E-state index contributed by atoms with van der Waals surface area (Å²) in [7, 11) is 1.78. The topological polar surface area (TPSA) is 102 Å². The average Bonchev–Trinajstić information content (AvgIpc) is 3.40. The Morgan fingerprint density at radius 1 is 1.11 bits per heavy atom. The van der Waals surface area contributed by atoms with E-state index in [1.54, 1.807) is 22.8 Å². The van der Waals surface area contributed by atoms with Crippen LogP contribution in [0.1, 0.15) is 36.8 Å². The maximum Gasteiger partial charge on any atom is 0.261 e. The van der Waals surface area contributed by atoms with E-state index in [1.165, 1.54) is 0 Å². The van der Waals surface area contributed by atoms with Gasteiger partial charge in [0.1, 0.15) is 12.2 Å². The molecule has 1 amide bonds. The van der Waals surface area contributed by atoms with Crippen LogP contribution in [0.3, 0.4) is 0 Å². The number of nitrogens with zero attached hydrogens (tertiary/aromatic N) is 8. The van der Waals surface area contributed by atoms with Crippen LogP contribution in [0.2, 0.25) is 0 Å². The molecule has 4 aromatic rings. The van der Waals surface area contributed by atoms with Gasteiger partial charge in [-0.05, 0) is 57.0 Å². The number of rotatable bonds is 4. The molecule has 0 bridgehead atoms. The summed E-state index contributed by atoms with van der Waals surface area (Å²) in [5.41, 5.74) is 3.65. The van der Waals surface area contributed by atoms with Gasteiger partial charge in [0.05, 0.1) is 34.2 Å². The first-order valence-electron chi connectivity index (χ1n) is 12.1. The molecule has 0 saturated heterocycles. The Kier molecular flexibility index (Phi) is 4.96. The van der Waals surface area contributed by atoms with Gasteiger partial charge in [-0.3, -0.25) is 19.1 Å². The molecule has 10 heteroatoms. The third-order valence-electron chi connectivity index (χ3n) is 7.47. The van der Waals surface area contributed by atoms with Crippen molar-refractivity contribution in [2.24, 2.45) is 0 Å². The first-order chi connectivity index (χ1) is 17.2. The van der Waals surface area contributed by atoms with Gasteiger partial charge in [0, 0.05) is 38.6 Å². The lowest BCUT2D eigenvalue weighted by molar-refractivity contribution is -0.121. The number of carbonyl (C=O) groups excluding carboxylic acids is 1. The van der Waals surface area contributed by atoms with Crippen LogP contribution in [0.4, 0.5) is 11.4 Å². The van der Waals surface area contributed by atoms with Gasteiger partial charge in [-0.15, -0.1) is 10.2 Å². The summed E-state index contributed by atoms with van der Waals surface area (Å²) in [6, 6.07) is 7.85. The predicted molar refractivity (Wildman–Crippen MR) is 136 cm³/mol. The maximum absolute atomic E-state index is 13.4. The van der Waals surface area contributed by atoms with Gasteiger partial charge in [0.15, 0.2) is 5.82 Å². The van der Waals surface area contributed by atoms with Crippen molar-refractivity contribution in [3.05, 3.63) is 70.0 Å². The second kappa shape index (κ2) is 7.97. The van der Waals surface area contributed by atoms with Crippen LogP contribution >= 0.6 is 0 Å². The van der Waals surface area contributed by atoms with Crippen LogP contribution in [-0.4, -0.2) is 48.8 Å². The normalized spacial score (nSPS) is 16.5. The van der Waals surface area contributed by atoms with Crippen molar-refractivity contribution in [1.82, 2.24) is 29.3 Å². The zero-order valence-electron chi connectivity index (χ0n) is 20.9. The van der Waals surface area contributed by atoms with Crippen molar-refractivity contribution in [2.75, 3.05) is 23.4 Å². The fourth-order valence-corrected chi connectivity index (χ4v) is 5.31. The van der Waals surface area contributed by atoms with E-state index in [4.69, 9.17) is 4.98 Å². The number of amides is 1. The highest BCUT2D eigenvalue weighted by molar-refractivity contribution is 6.06. The maximum atomic E-state index is 13.4. The fraction of sp³-hybridized carbons (Fsp3) is 0.385. The zero-order valence-corrected chi connectivity index (χ0v) is 20.9. The molecule has 0 aliphatic carbocycles. The zero-order chi connectivity index (χ0) is 25.2. The van der Waals surface area contributed by atoms with E-state index < -0.39 is 5.41 Å². The van der Waals surface area contributed by atoms with Gasteiger partial charge in [0.2, 0.25) is 5.91 Å². The number of fused-ring (bicyclic) bond motifs is 3. The average molecular weight is 485 g/mol. The first kappa shape index (κ1) is 22.4. The van der Waals surface area contributed by atoms with Gasteiger partial charge >= 0.3 is 0 Å². The molecule has 10 nitrogen and oxygen atoms in total. The summed E-state index contributed by atoms with van der Waals surface area (Å²) in [6.45, 7) is 8.50. The lowest BCUT2D eigenvalue weighted by Crippen LogP contribution is -2.33. The molecule has 1 aromatic carbocycles. The molecule has 3 aromatic heterocycles. The van der Waals surface area contributed by atoms with Gasteiger partial charge < -0.3 is 14.4 Å². The summed E-state index contributed by atoms with van der Waals surface area (Å²) >= 11 is 0. The Morgan fingerprint density at radius 2 is 1.94 bits per heavy atom. The van der Waals surface area contributed by atoms with Gasteiger partial charge in [-0.1, -0.05) is 0 Å². The molecule has 0 radical (unpaired) electrons. The number of anilines is 2. The molecular weight excluding hydrogens is 456 g/mol. The van der Waals surface area contributed by atoms with Crippen molar-refractivity contribution in [1.29, 1.82) is 0 Å². The van der Waals surface area contributed by atoms with E-state index in [1.807, 2.05) is 51.2 Å². The van der Waals surface area contributed by atoms with E-state index in [0.29, 0.717) is 36.2 Å². The van der Waals surface area contributed by atoms with Crippen molar-refractivity contribution in [2.45, 2.75) is 52.2 Å². The highest BCUT2D eigenvalue weighted by atomic mass is 16.2. The molecule has 5 heterocycles. The largest absolute Gasteiger partial charge is 0.362 e. The number of carbonyl (C=O) groups is 1. The smallest absolute Gasteiger partial charge is 0.261 e. The summed E-state index contributed by atoms with van der Waals surface area (Å²) < 4.78 is 3.78. The minimum absolute atomic E-state index is 0.0405. The van der Waals surface area contributed by atoms with Crippen LogP contribution in [0.15, 0.2) is 41.6 Å². The molecule has 36 heavy (non-hydrogen) atoms. The molecule has 2 aliphatic heterocycles. The number of aromatic nitrogens is 6. The van der Waals surface area contributed by atoms with E-state index >= 15 is 0 Å². The van der Waals surface area contributed by atoms with Crippen LogP contribution in [0.5, 0.6) is 0 Å². The molecule has 0 spiro atoms. The van der Waals surface area contributed by atoms with E-state index in [-0.39, 0.29) is 11.5 Å². The van der Waals surface area contributed by atoms with Crippen molar-refractivity contribution in [3.63, 3.8) is 0 Å². The predicted octanol–water partition coefficient (Wildman–Crippen LogP) is 2.21. The van der Waals surface area contributed by atoms with Gasteiger partial charge in [-0.25, -0.2) is 4.98 Å². The molecule has 0 N–H and O–H groups in total. The summed E-state index contributed by atoms with van der Waals surface area (Å²) in [4.78, 5) is 39.2. The number of aryl methyl sites for hydroxylation is 2. The van der Waals surface area contributed by atoms with Crippen molar-refractivity contribution < 1.29 is 4.79 Å². The van der Waals surface area contributed by atoms with Gasteiger partial charge in [0.25, 0.3) is 5.56 Å². The molecule has 6 rings (SSSR count). The van der Waals surface area contributed by atoms with Crippen LogP contribution < -0.4 is 15.4 Å². The summed E-state index contributed by atoms with van der Waals surface area (Å²) in [6.07, 6.45) is 4.19. The third kappa shape index (κ3) is 3.39. The highest BCUT2D eigenvalue weighted by Gasteiger charge is 2.43. The van der Waals surface area contributed by atoms with E-state index in [9.17, 15) is 9.59 Å². The summed E-state index contributed by atoms with van der Waals surface area (Å²) in [5.74, 6) is 1.64. The summed E-state index contributed by atoms with van der Waals surface area (Å²) in [5, 5.41) is 8.79. The lowest BCUT2D eigenvalue weighted by Gasteiger charge is -2.29. The molecule has 0 fully saturated rings. The SMILES string of the molecule is Cc1nc2cc(N3CCn4cnnc4C3)ccc2c(=O)n1CCc1cnc2c(c1)N(C)C(=O)C2(C)C. The molecule has 184 valence electrons. The second-order valence-electron chi connectivity index (χ2n) is 10.1. The minimum Gasteiger partial charge on any atom is -0.362 e. The molecule has 0 saturated carbocycles. The van der Waals surface area contributed by atoms with E-state index in [0.717, 1.165) is 41.5 Å². The van der Waals surface area contributed by atoms with Crippen LogP contribution in [0.25, 0.3) is 10.9 Å². The molecule has 2 aliphatic rings. The Labute approximate surface area is 208 Å². The number of benzene rings is 1. The van der Waals surface area contributed by atoms with E-state index in [2.05, 4.69) is 24.6 Å². The fourth-order valence-electron chi connectivity index (χ4n) is 5.31. The molecule has 0 atom stereocenters. The molecule has 0 unspecified atom stereocenters. The van der Waals surface area contributed by atoms with Gasteiger partial charge in [-0.2, -0.15) is 0 Å². The third-order valence-corrected chi connectivity index (χ3v) is 7.47.